The first-order valence-electron chi connectivity index (χ1n) is 11.6. The van der Waals surface area contributed by atoms with Crippen molar-refractivity contribution in [2.24, 2.45) is 7.05 Å². The first-order valence-corrected chi connectivity index (χ1v) is 11.6. The summed E-state index contributed by atoms with van der Waals surface area (Å²) < 4.78 is 9.79. The Hall–Kier alpha value is -3.05. The predicted octanol–water partition coefficient (Wildman–Crippen LogP) is 4.84. The van der Waals surface area contributed by atoms with Crippen molar-refractivity contribution in [2.45, 2.75) is 45.7 Å². The van der Waals surface area contributed by atoms with Gasteiger partial charge in [-0.15, -0.1) is 0 Å². The van der Waals surface area contributed by atoms with Crippen LogP contribution >= 0.6 is 0 Å². The van der Waals surface area contributed by atoms with E-state index in [1.54, 1.807) is 4.68 Å². The highest BCUT2D eigenvalue weighted by Gasteiger charge is 2.22. The topological polar surface area (TPSA) is 39.4 Å². The van der Waals surface area contributed by atoms with E-state index in [0.29, 0.717) is 13.2 Å². The van der Waals surface area contributed by atoms with Gasteiger partial charge in [0.15, 0.2) is 0 Å². The molecule has 5 heteroatoms. The summed E-state index contributed by atoms with van der Waals surface area (Å²) in [5.74, 6) is 0.971. The molecule has 1 aromatic heterocycles. The Labute approximate surface area is 189 Å². The third-order valence-electron chi connectivity index (χ3n) is 6.84. The number of hydrogen-bond acceptors (Lipinski definition) is 3. The molecule has 0 saturated heterocycles. The van der Waals surface area contributed by atoms with Crippen LogP contribution in [0.1, 0.15) is 48.1 Å². The predicted molar refractivity (Wildman–Crippen MR) is 128 cm³/mol. The molecule has 166 valence electrons. The molecule has 0 atom stereocenters. The van der Waals surface area contributed by atoms with Gasteiger partial charge >= 0.3 is 0 Å². The lowest BCUT2D eigenvalue weighted by atomic mass is 9.92. The van der Waals surface area contributed by atoms with Crippen LogP contribution in [0.2, 0.25) is 0 Å². The molecular weight excluding hydrogens is 398 g/mol. The maximum atomic E-state index is 13.4. The molecule has 2 aliphatic rings. The summed E-state index contributed by atoms with van der Waals surface area (Å²) >= 11 is 0. The van der Waals surface area contributed by atoms with Gasteiger partial charge in [-0.1, -0.05) is 30.3 Å². The molecule has 0 unspecified atom stereocenters. The van der Waals surface area contributed by atoms with Gasteiger partial charge in [-0.25, -0.2) is 4.68 Å². The van der Waals surface area contributed by atoms with Crippen LogP contribution in [0.25, 0.3) is 11.3 Å². The Kier molecular flexibility index (Phi) is 5.75. The van der Waals surface area contributed by atoms with E-state index in [1.807, 2.05) is 49.0 Å². The van der Waals surface area contributed by atoms with Crippen molar-refractivity contribution in [1.82, 2.24) is 14.3 Å². The second-order valence-electron chi connectivity index (χ2n) is 8.90. The number of ether oxygens (including phenoxy) is 1. The van der Waals surface area contributed by atoms with Gasteiger partial charge in [-0.2, -0.15) is 0 Å². The van der Waals surface area contributed by atoms with E-state index in [0.717, 1.165) is 42.2 Å². The number of rotatable bonds is 4. The lowest BCUT2D eigenvalue weighted by molar-refractivity contribution is 0.219. The fourth-order valence-corrected chi connectivity index (χ4v) is 4.91. The molecule has 2 aromatic carbocycles. The van der Waals surface area contributed by atoms with Crippen molar-refractivity contribution in [1.29, 1.82) is 0 Å². The normalized spacial score (nSPS) is 16.8. The number of allylic oxidation sites excluding steroid dienone is 2. The van der Waals surface area contributed by atoms with Crippen molar-refractivity contribution in [2.75, 3.05) is 13.2 Å². The van der Waals surface area contributed by atoms with Crippen molar-refractivity contribution in [3.63, 3.8) is 0 Å². The van der Waals surface area contributed by atoms with Crippen LogP contribution < -0.4 is 10.3 Å². The lowest BCUT2D eigenvalue weighted by Crippen LogP contribution is -2.29. The zero-order chi connectivity index (χ0) is 22.1. The minimum Gasteiger partial charge on any atom is -0.492 e. The summed E-state index contributed by atoms with van der Waals surface area (Å²) in [5.41, 5.74) is 6.79. The van der Waals surface area contributed by atoms with E-state index in [4.69, 9.17) is 4.74 Å². The molecule has 0 amide bonds. The summed E-state index contributed by atoms with van der Waals surface area (Å²) in [6.45, 7) is 4.87. The summed E-state index contributed by atoms with van der Waals surface area (Å²) in [5, 5.41) is 0. The molecular formula is C27H31N3O2. The molecule has 0 fully saturated rings. The molecule has 0 bridgehead atoms. The van der Waals surface area contributed by atoms with Crippen LogP contribution in [0.4, 0.5) is 0 Å². The molecule has 0 saturated carbocycles. The lowest BCUT2D eigenvalue weighted by Gasteiger charge is -2.19. The van der Waals surface area contributed by atoms with Gasteiger partial charge in [-0.3, -0.25) is 14.4 Å². The summed E-state index contributed by atoms with van der Waals surface area (Å²) in [4.78, 5) is 15.7. The monoisotopic (exact) mass is 429 g/mol. The zero-order valence-electron chi connectivity index (χ0n) is 19.0. The van der Waals surface area contributed by atoms with Gasteiger partial charge in [0.2, 0.25) is 0 Å². The highest BCUT2D eigenvalue weighted by atomic mass is 16.5. The largest absolute Gasteiger partial charge is 0.492 e. The summed E-state index contributed by atoms with van der Waals surface area (Å²) in [6.07, 6.45) is 7.29. The van der Waals surface area contributed by atoms with Crippen molar-refractivity contribution >= 4 is 5.57 Å². The van der Waals surface area contributed by atoms with Gasteiger partial charge in [-0.05, 0) is 68.0 Å². The SMILES string of the molecule is Cc1c(CN2CCOc3ccc(C4=CCCCC4)cc3C2)c(=O)n(-c2ccccc2)n1C. The van der Waals surface area contributed by atoms with Crippen molar-refractivity contribution < 1.29 is 4.74 Å². The number of benzene rings is 2. The van der Waals surface area contributed by atoms with E-state index in [9.17, 15) is 4.79 Å². The number of fused-ring (bicyclic) bond motifs is 1. The zero-order valence-corrected chi connectivity index (χ0v) is 19.0. The van der Waals surface area contributed by atoms with Crippen LogP contribution in [-0.4, -0.2) is 27.4 Å². The molecule has 0 radical (unpaired) electrons. The van der Waals surface area contributed by atoms with Crippen LogP contribution in [0.5, 0.6) is 5.75 Å². The van der Waals surface area contributed by atoms with Crippen LogP contribution in [0.15, 0.2) is 59.4 Å². The Morgan fingerprint density at radius 2 is 1.91 bits per heavy atom. The summed E-state index contributed by atoms with van der Waals surface area (Å²) in [6, 6.07) is 16.5. The molecule has 0 spiro atoms. The molecule has 32 heavy (non-hydrogen) atoms. The Morgan fingerprint density at radius 1 is 1.06 bits per heavy atom. The van der Waals surface area contributed by atoms with Crippen molar-refractivity contribution in [3.8, 4) is 11.4 Å². The molecule has 3 aromatic rings. The van der Waals surface area contributed by atoms with Gasteiger partial charge in [0.05, 0.1) is 11.3 Å². The van der Waals surface area contributed by atoms with E-state index in [1.165, 1.54) is 36.0 Å². The van der Waals surface area contributed by atoms with Gasteiger partial charge in [0.1, 0.15) is 12.4 Å². The maximum absolute atomic E-state index is 13.4. The van der Waals surface area contributed by atoms with Crippen molar-refractivity contribution in [3.05, 3.63) is 87.3 Å². The number of para-hydroxylation sites is 1. The second kappa shape index (κ2) is 8.83. The molecule has 5 nitrogen and oxygen atoms in total. The summed E-state index contributed by atoms with van der Waals surface area (Å²) in [7, 11) is 1.96. The molecule has 2 heterocycles. The Balaban J connectivity index is 1.43. The standard InChI is InChI=1S/C27H31N3O2/c1-20-25(27(31)30(28(20)2)24-11-7-4-8-12-24)19-29-15-16-32-26-14-13-22(17-23(26)18-29)21-9-5-3-6-10-21/h4,7-9,11-14,17H,3,5-6,10,15-16,18-19H2,1-2H3. The van der Waals surface area contributed by atoms with Crippen LogP contribution in [0.3, 0.4) is 0 Å². The molecule has 1 aliphatic carbocycles. The average Bonchev–Trinajstić information content (AvgIpc) is 2.97. The highest BCUT2D eigenvalue weighted by molar-refractivity contribution is 5.67. The third-order valence-corrected chi connectivity index (χ3v) is 6.84. The van der Waals surface area contributed by atoms with E-state index < -0.39 is 0 Å². The number of nitrogens with zero attached hydrogens (tertiary/aromatic N) is 3. The average molecular weight is 430 g/mol. The minimum atomic E-state index is 0.0581. The van der Waals surface area contributed by atoms with Crippen LogP contribution in [0, 0.1) is 6.92 Å². The van der Waals surface area contributed by atoms with Gasteiger partial charge in [0.25, 0.3) is 5.56 Å². The maximum Gasteiger partial charge on any atom is 0.276 e. The minimum absolute atomic E-state index is 0.0581. The quantitative estimate of drug-likeness (QED) is 0.596. The molecule has 1 aliphatic heterocycles. The Bertz CT molecular complexity index is 1200. The van der Waals surface area contributed by atoms with E-state index >= 15 is 0 Å². The molecule has 0 N–H and O–H groups in total. The smallest absolute Gasteiger partial charge is 0.276 e. The fraction of sp³-hybridized carbons (Fsp3) is 0.370. The van der Waals surface area contributed by atoms with Crippen LogP contribution in [-0.2, 0) is 20.1 Å². The molecule has 5 rings (SSSR count). The number of aromatic nitrogens is 2. The third kappa shape index (κ3) is 3.93. The highest BCUT2D eigenvalue weighted by Crippen LogP contribution is 2.32. The van der Waals surface area contributed by atoms with E-state index in [2.05, 4.69) is 29.2 Å². The van der Waals surface area contributed by atoms with Gasteiger partial charge in [0, 0.05) is 37.9 Å². The fourth-order valence-electron chi connectivity index (χ4n) is 4.91. The second-order valence-corrected chi connectivity index (χ2v) is 8.90. The first kappa shape index (κ1) is 20.8. The van der Waals surface area contributed by atoms with Gasteiger partial charge < -0.3 is 4.74 Å². The Morgan fingerprint density at radius 3 is 2.69 bits per heavy atom. The number of hydrogen-bond donors (Lipinski definition) is 0. The van der Waals surface area contributed by atoms with E-state index in [-0.39, 0.29) is 5.56 Å². The first-order chi connectivity index (χ1) is 15.6.